The molecule has 1 unspecified atom stereocenters. The van der Waals surface area contributed by atoms with E-state index >= 15 is 0 Å². The number of anilines is 1. The maximum absolute atomic E-state index is 11.9. The highest BCUT2D eigenvalue weighted by Crippen LogP contribution is 2.31. The van der Waals surface area contributed by atoms with Gasteiger partial charge in [-0.15, -0.1) is 22.7 Å². The van der Waals surface area contributed by atoms with Crippen LogP contribution in [0.3, 0.4) is 0 Å². The molecule has 4 N–H and O–H groups in total. The number of hydrogen-bond donors (Lipinski definition) is 3. The number of thiophene rings is 1. The summed E-state index contributed by atoms with van der Waals surface area (Å²) in [5.41, 5.74) is 6.60. The highest BCUT2D eigenvalue weighted by Gasteiger charge is 2.28. The predicted molar refractivity (Wildman–Crippen MR) is 91.8 cm³/mol. The zero-order valence-electron chi connectivity index (χ0n) is 12.5. The summed E-state index contributed by atoms with van der Waals surface area (Å²) < 4.78 is 0. The van der Waals surface area contributed by atoms with Crippen molar-refractivity contribution in [2.75, 3.05) is 11.9 Å². The van der Waals surface area contributed by atoms with Crippen LogP contribution in [0.4, 0.5) is 5.13 Å². The smallest absolute Gasteiger partial charge is 0.267 e. The van der Waals surface area contributed by atoms with Gasteiger partial charge in [-0.25, -0.2) is 4.98 Å². The van der Waals surface area contributed by atoms with Crippen molar-refractivity contribution in [1.29, 1.82) is 0 Å². The normalized spacial score (nSPS) is 15.2. The molecule has 0 saturated heterocycles. The van der Waals surface area contributed by atoms with Crippen LogP contribution >= 0.6 is 22.7 Å². The second kappa shape index (κ2) is 7.20. The second-order valence-corrected chi connectivity index (χ2v) is 7.36. The van der Waals surface area contributed by atoms with E-state index in [-0.39, 0.29) is 24.3 Å². The summed E-state index contributed by atoms with van der Waals surface area (Å²) in [5.74, 6) is 0.289. The number of nitrogens with one attached hydrogen (secondary N) is 2. The Kier molecular flexibility index (Phi) is 5.04. The first-order chi connectivity index (χ1) is 11.1. The summed E-state index contributed by atoms with van der Waals surface area (Å²) >= 11 is 2.69. The van der Waals surface area contributed by atoms with E-state index in [1.54, 1.807) is 11.4 Å². The van der Waals surface area contributed by atoms with Crippen LogP contribution in [-0.2, 0) is 11.2 Å². The summed E-state index contributed by atoms with van der Waals surface area (Å²) in [4.78, 5) is 28.7. The monoisotopic (exact) mass is 350 g/mol. The van der Waals surface area contributed by atoms with Gasteiger partial charge in [-0.2, -0.15) is 0 Å². The minimum atomic E-state index is -0.180. The van der Waals surface area contributed by atoms with Gasteiger partial charge in [-0.05, 0) is 30.2 Å². The lowest BCUT2D eigenvalue weighted by Crippen LogP contribution is -2.39. The molecule has 2 aromatic heterocycles. The number of nitrogens with two attached hydrogens (primary N) is 1. The van der Waals surface area contributed by atoms with Gasteiger partial charge in [0.2, 0.25) is 5.91 Å². The molecule has 0 aromatic carbocycles. The van der Waals surface area contributed by atoms with Crippen molar-refractivity contribution in [3.63, 3.8) is 0 Å². The quantitative estimate of drug-likeness (QED) is 0.710. The van der Waals surface area contributed by atoms with Crippen LogP contribution in [0, 0.1) is 5.92 Å². The molecule has 8 heteroatoms. The predicted octanol–water partition coefficient (Wildman–Crippen LogP) is 1.85. The van der Waals surface area contributed by atoms with Crippen LogP contribution in [0.15, 0.2) is 22.9 Å². The molecule has 122 valence electrons. The fourth-order valence-corrected chi connectivity index (χ4v) is 3.49. The topological polar surface area (TPSA) is 97.1 Å². The molecule has 2 amide bonds. The first-order valence-electron chi connectivity index (χ1n) is 7.43. The van der Waals surface area contributed by atoms with E-state index < -0.39 is 0 Å². The lowest BCUT2D eigenvalue weighted by Gasteiger charge is -2.10. The van der Waals surface area contributed by atoms with Crippen molar-refractivity contribution in [3.8, 4) is 0 Å². The number of carbonyl (C=O) groups is 2. The molecule has 3 rings (SSSR count). The highest BCUT2D eigenvalue weighted by atomic mass is 32.1. The number of amides is 2. The molecular weight excluding hydrogens is 332 g/mol. The Labute approximate surface area is 142 Å². The summed E-state index contributed by atoms with van der Waals surface area (Å²) in [6.45, 7) is 0.510. The minimum Gasteiger partial charge on any atom is -0.354 e. The summed E-state index contributed by atoms with van der Waals surface area (Å²) in [7, 11) is 0. The third-order valence-corrected chi connectivity index (χ3v) is 5.30. The van der Waals surface area contributed by atoms with Crippen LogP contribution in [-0.4, -0.2) is 29.4 Å². The highest BCUT2D eigenvalue weighted by molar-refractivity contribution is 7.14. The minimum absolute atomic E-state index is 0.0510. The molecule has 1 atom stereocenters. The van der Waals surface area contributed by atoms with Crippen LogP contribution in [0.1, 0.15) is 28.2 Å². The van der Waals surface area contributed by atoms with E-state index in [9.17, 15) is 9.59 Å². The fraction of sp³-hybridized carbons (Fsp3) is 0.400. The number of nitrogens with zero attached hydrogens (tertiary/aromatic N) is 1. The van der Waals surface area contributed by atoms with E-state index in [2.05, 4.69) is 15.6 Å². The summed E-state index contributed by atoms with van der Waals surface area (Å²) in [6.07, 6.45) is 2.52. The van der Waals surface area contributed by atoms with Gasteiger partial charge in [-0.3, -0.25) is 14.9 Å². The van der Waals surface area contributed by atoms with E-state index in [0.29, 0.717) is 28.2 Å². The zero-order valence-corrected chi connectivity index (χ0v) is 14.1. The number of thiazole rings is 1. The Morgan fingerprint density at radius 3 is 2.91 bits per heavy atom. The molecule has 2 heterocycles. The molecule has 0 aliphatic heterocycles. The maximum Gasteiger partial charge on any atom is 0.267 e. The Morgan fingerprint density at radius 1 is 1.39 bits per heavy atom. The Bertz CT molecular complexity index is 679. The van der Waals surface area contributed by atoms with Crippen molar-refractivity contribution < 1.29 is 9.59 Å². The molecule has 1 aliphatic rings. The second-order valence-electron chi connectivity index (χ2n) is 5.56. The number of aromatic nitrogens is 1. The van der Waals surface area contributed by atoms with Crippen LogP contribution < -0.4 is 16.4 Å². The number of hydrogen-bond acceptors (Lipinski definition) is 6. The van der Waals surface area contributed by atoms with Crippen LogP contribution in [0.25, 0.3) is 0 Å². The van der Waals surface area contributed by atoms with Crippen LogP contribution in [0.2, 0.25) is 0 Å². The maximum atomic E-state index is 11.9. The number of carbonyl (C=O) groups excluding carboxylic acids is 2. The van der Waals surface area contributed by atoms with Gasteiger partial charge in [0, 0.05) is 18.0 Å². The molecule has 6 nitrogen and oxygen atoms in total. The van der Waals surface area contributed by atoms with Gasteiger partial charge >= 0.3 is 0 Å². The summed E-state index contributed by atoms with van der Waals surface area (Å²) in [5, 5.41) is 9.71. The molecule has 1 aliphatic carbocycles. The van der Waals surface area contributed by atoms with E-state index in [4.69, 9.17) is 5.73 Å². The summed E-state index contributed by atoms with van der Waals surface area (Å²) in [6, 6.07) is 3.63. The average molecular weight is 350 g/mol. The Morgan fingerprint density at radius 2 is 2.22 bits per heavy atom. The van der Waals surface area contributed by atoms with Gasteiger partial charge < -0.3 is 11.1 Å². The van der Waals surface area contributed by atoms with Gasteiger partial charge in [0.05, 0.1) is 17.0 Å². The largest absolute Gasteiger partial charge is 0.354 e. The van der Waals surface area contributed by atoms with Gasteiger partial charge in [0.15, 0.2) is 5.13 Å². The van der Waals surface area contributed by atoms with Gasteiger partial charge in [-0.1, -0.05) is 6.07 Å². The van der Waals surface area contributed by atoms with Crippen molar-refractivity contribution >= 4 is 39.6 Å². The first kappa shape index (κ1) is 16.1. The standard InChI is InChI=1S/C15H18N4O2S2/c16-11(9-3-4-9)7-17-13(20)6-10-8-23-15(18-10)19-14(21)12-2-1-5-22-12/h1-2,5,8-9,11H,3-4,6-7,16H2,(H,17,20)(H,18,19,21). The number of rotatable bonds is 7. The lowest BCUT2D eigenvalue weighted by molar-refractivity contribution is -0.120. The molecular formula is C15H18N4O2S2. The Hall–Kier alpha value is -1.77. The van der Waals surface area contributed by atoms with E-state index in [1.165, 1.54) is 22.7 Å². The molecule has 1 fully saturated rings. The molecule has 1 saturated carbocycles. The van der Waals surface area contributed by atoms with Crippen LogP contribution in [0.5, 0.6) is 0 Å². The third-order valence-electron chi connectivity index (χ3n) is 3.62. The van der Waals surface area contributed by atoms with Crippen molar-refractivity contribution in [2.24, 2.45) is 11.7 Å². The van der Waals surface area contributed by atoms with Gasteiger partial charge in [0.25, 0.3) is 5.91 Å². The lowest BCUT2D eigenvalue weighted by atomic mass is 10.2. The van der Waals surface area contributed by atoms with Crippen molar-refractivity contribution in [3.05, 3.63) is 33.5 Å². The Balaban J connectivity index is 1.46. The SMILES string of the molecule is NC(CNC(=O)Cc1csc(NC(=O)c2cccs2)n1)C1CC1. The molecule has 0 bridgehead atoms. The van der Waals surface area contributed by atoms with Crippen molar-refractivity contribution in [2.45, 2.75) is 25.3 Å². The van der Waals surface area contributed by atoms with Crippen molar-refractivity contribution in [1.82, 2.24) is 10.3 Å². The molecule has 0 spiro atoms. The third kappa shape index (κ3) is 4.60. The van der Waals surface area contributed by atoms with Gasteiger partial charge in [0.1, 0.15) is 0 Å². The molecule has 2 aromatic rings. The average Bonchev–Trinajstić information content (AvgIpc) is 3.05. The molecule has 0 radical (unpaired) electrons. The first-order valence-corrected chi connectivity index (χ1v) is 9.19. The fourth-order valence-electron chi connectivity index (χ4n) is 2.16. The zero-order chi connectivity index (χ0) is 16.2. The van der Waals surface area contributed by atoms with E-state index in [1.807, 2.05) is 11.4 Å². The molecule has 23 heavy (non-hydrogen) atoms. The van der Waals surface area contributed by atoms with E-state index in [0.717, 1.165) is 12.8 Å².